The van der Waals surface area contributed by atoms with Gasteiger partial charge in [-0.1, -0.05) is 11.6 Å². The van der Waals surface area contributed by atoms with Crippen molar-refractivity contribution in [3.05, 3.63) is 23.5 Å². The van der Waals surface area contributed by atoms with E-state index in [0.717, 1.165) is 0 Å². The van der Waals surface area contributed by atoms with Gasteiger partial charge in [0.2, 0.25) is 0 Å². The summed E-state index contributed by atoms with van der Waals surface area (Å²) < 4.78 is 0. The summed E-state index contributed by atoms with van der Waals surface area (Å²) in [7, 11) is -1.52. The largest absolute Gasteiger partial charge is 0.490 e. The molecule has 1 rings (SSSR count). The summed E-state index contributed by atoms with van der Waals surface area (Å²) in [6.07, 6.45) is 2.80. The van der Waals surface area contributed by atoms with Gasteiger partial charge in [0.05, 0.1) is 5.02 Å². The van der Waals surface area contributed by atoms with Crippen molar-refractivity contribution in [2.45, 2.75) is 0 Å². The Bertz CT molecular complexity index is 238. The SMILES string of the molecule is O.O.O.O.O.OB(O)c1ccncc1Cl. The fourth-order valence-corrected chi connectivity index (χ4v) is 0.812. The molecule has 0 atom stereocenters. The lowest BCUT2D eigenvalue weighted by molar-refractivity contribution is 0.425. The van der Waals surface area contributed by atoms with Crippen LogP contribution in [0.2, 0.25) is 5.02 Å². The molecule has 0 fully saturated rings. The molecular weight excluding hydrogens is 232 g/mol. The first-order chi connectivity index (χ1) is 4.72. The van der Waals surface area contributed by atoms with E-state index in [9.17, 15) is 0 Å². The summed E-state index contributed by atoms with van der Waals surface area (Å²) in [4.78, 5) is 3.67. The van der Waals surface area contributed by atoms with Crippen LogP contribution in [0.5, 0.6) is 0 Å². The summed E-state index contributed by atoms with van der Waals surface area (Å²) in [6, 6.07) is 1.45. The van der Waals surface area contributed by atoms with Crippen LogP contribution in [0.1, 0.15) is 0 Å². The summed E-state index contributed by atoms with van der Waals surface area (Å²) in [5, 5.41) is 17.6. The van der Waals surface area contributed by atoms with Crippen LogP contribution in [0, 0.1) is 0 Å². The van der Waals surface area contributed by atoms with Gasteiger partial charge in [-0.05, 0) is 6.07 Å². The highest BCUT2D eigenvalue weighted by atomic mass is 35.5. The molecule has 0 saturated heterocycles. The van der Waals surface area contributed by atoms with E-state index in [0.29, 0.717) is 0 Å². The second-order valence-corrected chi connectivity index (χ2v) is 2.18. The molecule has 0 aromatic carbocycles. The molecular formula is C5H15BClNO7. The number of rotatable bonds is 1. The fraction of sp³-hybridized carbons (Fsp3) is 0. The fourth-order valence-electron chi connectivity index (χ4n) is 0.595. The van der Waals surface area contributed by atoms with Crippen LogP contribution in [0.15, 0.2) is 18.5 Å². The minimum atomic E-state index is -1.52. The van der Waals surface area contributed by atoms with Crippen LogP contribution in [0.25, 0.3) is 0 Å². The van der Waals surface area contributed by atoms with Gasteiger partial charge in [0.1, 0.15) is 0 Å². The summed E-state index contributed by atoms with van der Waals surface area (Å²) in [6.45, 7) is 0. The number of hydrogen-bond acceptors (Lipinski definition) is 3. The standard InChI is InChI=1S/C5H5BClNO2.5H2O/c7-5-3-8-2-1-4(5)6(9)10;;;;;/h1-3,9-10H;5*1H2. The van der Waals surface area contributed by atoms with E-state index in [2.05, 4.69) is 4.98 Å². The van der Waals surface area contributed by atoms with Crippen LogP contribution >= 0.6 is 11.6 Å². The number of aromatic nitrogens is 1. The first-order valence-corrected chi connectivity index (χ1v) is 3.05. The van der Waals surface area contributed by atoms with Gasteiger partial charge in [0.25, 0.3) is 0 Å². The van der Waals surface area contributed by atoms with Crippen molar-refractivity contribution >= 4 is 24.2 Å². The van der Waals surface area contributed by atoms with Gasteiger partial charge in [0.15, 0.2) is 0 Å². The van der Waals surface area contributed by atoms with Crippen molar-refractivity contribution in [2.75, 3.05) is 0 Å². The van der Waals surface area contributed by atoms with Gasteiger partial charge < -0.3 is 37.4 Å². The Morgan fingerprint density at radius 2 is 1.53 bits per heavy atom. The summed E-state index contributed by atoms with van der Waals surface area (Å²) >= 11 is 5.54. The molecule has 92 valence electrons. The van der Waals surface area contributed by atoms with Gasteiger partial charge in [-0.2, -0.15) is 0 Å². The van der Waals surface area contributed by atoms with Crippen LogP contribution in [0.3, 0.4) is 0 Å². The van der Waals surface area contributed by atoms with Crippen LogP contribution in [0.4, 0.5) is 0 Å². The quantitative estimate of drug-likeness (QED) is 0.468. The molecule has 0 saturated carbocycles. The first kappa shape index (κ1) is 29.2. The molecule has 1 aromatic heterocycles. The lowest BCUT2D eigenvalue weighted by Gasteiger charge is -1.98. The molecule has 0 aliphatic rings. The Kier molecular flexibility index (Phi) is 25.8. The van der Waals surface area contributed by atoms with Gasteiger partial charge >= 0.3 is 7.12 Å². The van der Waals surface area contributed by atoms with E-state index in [1.54, 1.807) is 0 Å². The highest BCUT2D eigenvalue weighted by Crippen LogP contribution is 2.00. The average Bonchev–Trinajstić information content (AvgIpc) is 1.88. The smallest absolute Gasteiger partial charge is 0.423 e. The molecule has 15 heavy (non-hydrogen) atoms. The van der Waals surface area contributed by atoms with Crippen LogP contribution < -0.4 is 5.46 Å². The van der Waals surface area contributed by atoms with Crippen molar-refractivity contribution in [2.24, 2.45) is 0 Å². The van der Waals surface area contributed by atoms with E-state index < -0.39 is 7.12 Å². The molecule has 8 nitrogen and oxygen atoms in total. The predicted octanol–water partition coefficient (Wildman–Crippen LogP) is -4.71. The Labute approximate surface area is 90.8 Å². The number of nitrogens with zero attached hydrogens (tertiary/aromatic N) is 1. The number of pyridine rings is 1. The third kappa shape index (κ3) is 8.23. The molecule has 0 aliphatic heterocycles. The van der Waals surface area contributed by atoms with Crippen LogP contribution in [-0.4, -0.2) is 49.5 Å². The van der Waals surface area contributed by atoms with E-state index in [1.807, 2.05) is 0 Å². The molecule has 0 unspecified atom stereocenters. The number of hydrogen-bond donors (Lipinski definition) is 2. The molecule has 12 N–H and O–H groups in total. The zero-order valence-corrected chi connectivity index (χ0v) is 8.28. The van der Waals surface area contributed by atoms with Crippen molar-refractivity contribution < 1.29 is 37.4 Å². The maximum Gasteiger partial charge on any atom is 0.490 e. The van der Waals surface area contributed by atoms with Crippen molar-refractivity contribution in [1.29, 1.82) is 0 Å². The minimum Gasteiger partial charge on any atom is -0.423 e. The van der Waals surface area contributed by atoms with Gasteiger partial charge in [-0.25, -0.2) is 0 Å². The monoisotopic (exact) mass is 247 g/mol. The third-order valence-corrected chi connectivity index (χ3v) is 1.40. The van der Waals surface area contributed by atoms with Crippen molar-refractivity contribution in [1.82, 2.24) is 4.98 Å². The average molecular weight is 247 g/mol. The van der Waals surface area contributed by atoms with Crippen LogP contribution in [-0.2, 0) is 0 Å². The molecule has 0 spiro atoms. The molecule has 0 aliphatic carbocycles. The number of halogens is 1. The van der Waals surface area contributed by atoms with E-state index in [-0.39, 0.29) is 37.9 Å². The normalized spacial score (nSPS) is 6.33. The topological polar surface area (TPSA) is 211 Å². The van der Waals surface area contributed by atoms with Crippen molar-refractivity contribution in [3.8, 4) is 0 Å². The second kappa shape index (κ2) is 13.2. The Morgan fingerprint density at radius 1 is 1.07 bits per heavy atom. The summed E-state index contributed by atoms with van der Waals surface area (Å²) in [5.74, 6) is 0. The molecule has 0 bridgehead atoms. The zero-order chi connectivity index (χ0) is 7.56. The van der Waals surface area contributed by atoms with Gasteiger partial charge in [-0.3, -0.25) is 4.98 Å². The maximum atomic E-state index is 8.65. The minimum absolute atomic E-state index is 0. The molecule has 1 aromatic rings. The first-order valence-electron chi connectivity index (χ1n) is 2.67. The Hall–Kier alpha value is -0.775. The van der Waals surface area contributed by atoms with Gasteiger partial charge in [-0.15, -0.1) is 0 Å². The Morgan fingerprint density at radius 3 is 1.80 bits per heavy atom. The molecule has 0 radical (unpaired) electrons. The van der Waals surface area contributed by atoms with E-state index in [1.165, 1.54) is 18.5 Å². The molecule has 1 heterocycles. The third-order valence-electron chi connectivity index (χ3n) is 1.08. The predicted molar refractivity (Wildman–Crippen MR) is 57.1 cm³/mol. The lowest BCUT2D eigenvalue weighted by atomic mass is 9.81. The van der Waals surface area contributed by atoms with Crippen molar-refractivity contribution in [3.63, 3.8) is 0 Å². The zero-order valence-electron chi connectivity index (χ0n) is 7.53. The Balaban J connectivity index is -0.0000000667. The highest BCUT2D eigenvalue weighted by molar-refractivity contribution is 6.62. The summed E-state index contributed by atoms with van der Waals surface area (Å²) in [5.41, 5.74) is 0.275. The highest BCUT2D eigenvalue weighted by Gasteiger charge is 2.13. The molecule has 0 amide bonds. The van der Waals surface area contributed by atoms with E-state index >= 15 is 0 Å². The van der Waals surface area contributed by atoms with E-state index in [4.69, 9.17) is 21.6 Å². The molecule has 10 heteroatoms. The van der Waals surface area contributed by atoms with Gasteiger partial charge in [0, 0.05) is 17.9 Å². The lowest BCUT2D eigenvalue weighted by Crippen LogP contribution is -2.30. The second-order valence-electron chi connectivity index (χ2n) is 1.77. The maximum absolute atomic E-state index is 8.65.